The molecule has 1 rings (SSSR count). The first kappa shape index (κ1) is 22.1. The summed E-state index contributed by atoms with van der Waals surface area (Å²) in [4.78, 5) is 22.9. The summed E-state index contributed by atoms with van der Waals surface area (Å²) in [6, 6.07) is 3.61. The van der Waals surface area contributed by atoms with Gasteiger partial charge in [0.25, 0.3) is 0 Å². The predicted octanol–water partition coefficient (Wildman–Crippen LogP) is 2.04. The zero-order valence-corrected chi connectivity index (χ0v) is 16.8. The van der Waals surface area contributed by atoms with Gasteiger partial charge in [-0.15, -0.1) is 0 Å². The number of benzene rings is 1. The first-order valence-corrected chi connectivity index (χ1v) is 9.93. The lowest BCUT2D eigenvalue weighted by atomic mass is 9.98. The van der Waals surface area contributed by atoms with E-state index in [1.807, 2.05) is 6.92 Å². The molecule has 0 atom stereocenters. The van der Waals surface area contributed by atoms with Crippen LogP contribution in [0.4, 0.5) is 0 Å². The van der Waals surface area contributed by atoms with E-state index in [2.05, 4.69) is 10.0 Å². The lowest BCUT2D eigenvalue weighted by Crippen LogP contribution is -2.44. The van der Waals surface area contributed by atoms with E-state index < -0.39 is 21.5 Å². The fraction of sp³-hybridized carbons (Fsp3) is 0.556. The fourth-order valence-electron chi connectivity index (χ4n) is 2.88. The molecule has 0 fully saturated rings. The van der Waals surface area contributed by atoms with Gasteiger partial charge in [0.2, 0.25) is 15.9 Å². The van der Waals surface area contributed by atoms with Crippen molar-refractivity contribution in [2.75, 3.05) is 6.54 Å². The molecule has 8 heteroatoms. The third-order valence-corrected chi connectivity index (χ3v) is 5.72. The molecule has 0 aromatic heterocycles. The Kier molecular flexibility index (Phi) is 7.35. The predicted molar refractivity (Wildman–Crippen MR) is 99.6 cm³/mol. The zero-order valence-electron chi connectivity index (χ0n) is 16.0. The van der Waals surface area contributed by atoms with Crippen LogP contribution in [0, 0.1) is 20.8 Å². The average molecular weight is 384 g/mol. The molecule has 0 aliphatic heterocycles. The number of amides is 1. The number of rotatable bonds is 9. The summed E-state index contributed by atoms with van der Waals surface area (Å²) in [5, 5.41) is 11.5. The van der Waals surface area contributed by atoms with E-state index in [4.69, 9.17) is 5.11 Å². The maximum atomic E-state index is 12.5. The zero-order chi connectivity index (χ0) is 20.1. The first-order valence-electron chi connectivity index (χ1n) is 8.44. The number of nitrogens with one attached hydrogen (secondary N) is 2. The third-order valence-electron chi connectivity index (χ3n) is 3.96. The molecule has 1 aromatic rings. The second-order valence-electron chi connectivity index (χ2n) is 7.20. The van der Waals surface area contributed by atoms with Gasteiger partial charge < -0.3 is 10.4 Å². The number of sulfonamides is 1. The van der Waals surface area contributed by atoms with Gasteiger partial charge in [0.15, 0.2) is 0 Å². The molecule has 0 unspecified atom stereocenters. The van der Waals surface area contributed by atoms with E-state index >= 15 is 0 Å². The number of carbonyl (C=O) groups excluding carboxylic acids is 1. The molecule has 0 saturated heterocycles. The molecule has 0 heterocycles. The number of aliphatic carboxylic acids is 1. The minimum atomic E-state index is -3.71. The van der Waals surface area contributed by atoms with Gasteiger partial charge in [0.1, 0.15) is 0 Å². The van der Waals surface area contributed by atoms with Crippen molar-refractivity contribution >= 4 is 21.9 Å². The molecule has 26 heavy (non-hydrogen) atoms. The summed E-state index contributed by atoms with van der Waals surface area (Å²) >= 11 is 0. The maximum absolute atomic E-state index is 12.5. The Labute approximate surface area is 155 Å². The summed E-state index contributed by atoms with van der Waals surface area (Å²) in [5.74, 6) is -1.26. The summed E-state index contributed by atoms with van der Waals surface area (Å²) < 4.78 is 27.5. The Morgan fingerprint density at radius 3 is 2.12 bits per heavy atom. The number of carboxylic acid groups (broad SMARTS) is 1. The molecule has 0 radical (unpaired) electrons. The van der Waals surface area contributed by atoms with Crippen molar-refractivity contribution in [3.8, 4) is 0 Å². The molecule has 0 spiro atoms. The van der Waals surface area contributed by atoms with Crippen LogP contribution in [-0.4, -0.2) is 37.5 Å². The van der Waals surface area contributed by atoms with Crippen LogP contribution < -0.4 is 10.0 Å². The molecule has 7 nitrogen and oxygen atoms in total. The number of aryl methyl sites for hydroxylation is 3. The largest absolute Gasteiger partial charge is 0.481 e. The van der Waals surface area contributed by atoms with E-state index in [1.165, 1.54) is 0 Å². The highest BCUT2D eigenvalue weighted by Crippen LogP contribution is 2.21. The van der Waals surface area contributed by atoms with Gasteiger partial charge in [0.05, 0.1) is 4.90 Å². The van der Waals surface area contributed by atoms with Crippen LogP contribution in [0.3, 0.4) is 0 Å². The van der Waals surface area contributed by atoms with Crippen molar-refractivity contribution in [1.82, 2.24) is 10.0 Å². The first-order chi connectivity index (χ1) is 11.8. The summed E-state index contributed by atoms with van der Waals surface area (Å²) in [7, 11) is -3.71. The highest BCUT2D eigenvalue weighted by atomic mass is 32.2. The Morgan fingerprint density at radius 1 is 1.08 bits per heavy atom. The lowest BCUT2D eigenvalue weighted by Gasteiger charge is -2.25. The van der Waals surface area contributed by atoms with E-state index in [0.29, 0.717) is 17.5 Å². The molecule has 1 amide bonds. The highest BCUT2D eigenvalue weighted by Gasteiger charge is 2.23. The van der Waals surface area contributed by atoms with Crippen molar-refractivity contribution in [3.05, 3.63) is 28.8 Å². The third kappa shape index (κ3) is 6.76. The molecule has 146 valence electrons. The van der Waals surface area contributed by atoms with E-state index in [0.717, 1.165) is 5.56 Å². The second-order valence-corrected chi connectivity index (χ2v) is 8.91. The standard InChI is InChI=1S/C18H28N2O5S/c1-12-10-13(2)17(14(3)11-12)26(24,25)19-9-7-15(21)20-18(4,5)8-6-16(22)23/h10-11,19H,6-9H2,1-5H3,(H,20,21)(H,22,23). The number of carboxylic acids is 1. The van der Waals surface area contributed by atoms with Crippen LogP contribution in [0.5, 0.6) is 0 Å². The Bertz CT molecular complexity index is 762. The number of hydrogen-bond acceptors (Lipinski definition) is 4. The normalized spacial score (nSPS) is 12.0. The van der Waals surface area contributed by atoms with Crippen molar-refractivity contribution in [3.63, 3.8) is 0 Å². The van der Waals surface area contributed by atoms with E-state index in [-0.39, 0.29) is 30.2 Å². The van der Waals surface area contributed by atoms with Crippen LogP contribution >= 0.6 is 0 Å². The quantitative estimate of drug-likeness (QED) is 0.603. The molecule has 1 aromatic carbocycles. The lowest BCUT2D eigenvalue weighted by molar-refractivity contribution is -0.137. The monoisotopic (exact) mass is 384 g/mol. The minimum Gasteiger partial charge on any atom is -0.481 e. The van der Waals surface area contributed by atoms with Crippen molar-refractivity contribution < 1.29 is 23.1 Å². The van der Waals surface area contributed by atoms with E-state index in [1.54, 1.807) is 39.8 Å². The maximum Gasteiger partial charge on any atom is 0.303 e. The molecule has 3 N–H and O–H groups in total. The number of hydrogen-bond donors (Lipinski definition) is 3. The van der Waals surface area contributed by atoms with Crippen LogP contribution in [0.1, 0.15) is 49.8 Å². The average Bonchev–Trinajstić information content (AvgIpc) is 2.42. The summed E-state index contributed by atoms with van der Waals surface area (Å²) in [6.45, 7) is 8.82. The summed E-state index contributed by atoms with van der Waals surface area (Å²) in [5.41, 5.74) is 1.64. The Morgan fingerprint density at radius 2 is 1.62 bits per heavy atom. The molecular formula is C18H28N2O5S. The van der Waals surface area contributed by atoms with Gasteiger partial charge in [-0.05, 0) is 52.2 Å². The molecule has 0 aliphatic carbocycles. The van der Waals surface area contributed by atoms with E-state index in [9.17, 15) is 18.0 Å². The SMILES string of the molecule is Cc1cc(C)c(S(=O)(=O)NCCC(=O)NC(C)(C)CCC(=O)O)c(C)c1. The van der Waals surface area contributed by atoms with Gasteiger partial charge in [-0.2, -0.15) is 0 Å². The Balaban J connectivity index is 2.64. The highest BCUT2D eigenvalue weighted by molar-refractivity contribution is 7.89. The number of carbonyl (C=O) groups is 2. The van der Waals surface area contributed by atoms with Crippen molar-refractivity contribution in [2.24, 2.45) is 0 Å². The second kappa shape index (κ2) is 8.64. The Hall–Kier alpha value is -1.93. The van der Waals surface area contributed by atoms with Crippen LogP contribution in [0.15, 0.2) is 17.0 Å². The van der Waals surface area contributed by atoms with Crippen molar-refractivity contribution in [2.45, 2.75) is 64.3 Å². The van der Waals surface area contributed by atoms with Gasteiger partial charge in [-0.25, -0.2) is 13.1 Å². The molecular weight excluding hydrogens is 356 g/mol. The molecule has 0 aliphatic rings. The van der Waals surface area contributed by atoms with Gasteiger partial charge >= 0.3 is 5.97 Å². The van der Waals surface area contributed by atoms with Gasteiger partial charge in [-0.1, -0.05) is 17.7 Å². The van der Waals surface area contributed by atoms with Crippen LogP contribution in [-0.2, 0) is 19.6 Å². The fourth-order valence-corrected chi connectivity index (χ4v) is 4.36. The van der Waals surface area contributed by atoms with Crippen LogP contribution in [0.2, 0.25) is 0 Å². The van der Waals surface area contributed by atoms with Crippen LogP contribution in [0.25, 0.3) is 0 Å². The summed E-state index contributed by atoms with van der Waals surface area (Å²) in [6.07, 6.45) is 0.215. The molecule has 0 bridgehead atoms. The molecule has 0 saturated carbocycles. The van der Waals surface area contributed by atoms with Gasteiger partial charge in [0, 0.05) is 24.9 Å². The topological polar surface area (TPSA) is 113 Å². The van der Waals surface area contributed by atoms with Gasteiger partial charge in [-0.3, -0.25) is 9.59 Å². The minimum absolute atomic E-state index is 0.0281. The van der Waals surface area contributed by atoms with Crippen molar-refractivity contribution in [1.29, 1.82) is 0 Å². The smallest absolute Gasteiger partial charge is 0.303 e.